The van der Waals surface area contributed by atoms with E-state index in [2.05, 4.69) is 57.6 Å². The van der Waals surface area contributed by atoms with Gasteiger partial charge in [0.15, 0.2) is 0 Å². The Morgan fingerprint density at radius 3 is 2.26 bits per heavy atom. The van der Waals surface area contributed by atoms with Crippen LogP contribution in [0.5, 0.6) is 5.75 Å². The fourth-order valence-corrected chi connectivity index (χ4v) is 3.89. The molecule has 0 unspecified atom stereocenters. The molecule has 2 aromatic carbocycles. The highest BCUT2D eigenvalue weighted by Crippen LogP contribution is 2.27. The number of ether oxygens (including phenoxy) is 1. The lowest BCUT2D eigenvalue weighted by Gasteiger charge is -2.08. The van der Waals surface area contributed by atoms with Crippen LogP contribution in [0.15, 0.2) is 40.9 Å². The van der Waals surface area contributed by atoms with E-state index in [1.54, 1.807) is 0 Å². The third kappa shape index (κ3) is 8.23. The van der Waals surface area contributed by atoms with Crippen molar-refractivity contribution in [2.24, 2.45) is 5.92 Å². The van der Waals surface area contributed by atoms with Gasteiger partial charge in [-0.15, -0.1) is 0 Å². The molecule has 1 aliphatic carbocycles. The summed E-state index contributed by atoms with van der Waals surface area (Å²) in [6.45, 7) is 3.31. The molecule has 148 valence electrons. The average Bonchev–Trinajstić information content (AvgIpc) is 3.50. The SMILES string of the molecule is Brc1ccc2cc(OCCCCCCCCCCNCC3CC3)ccc2c1. The van der Waals surface area contributed by atoms with Gasteiger partial charge >= 0.3 is 0 Å². The van der Waals surface area contributed by atoms with Gasteiger partial charge in [-0.3, -0.25) is 0 Å². The molecule has 0 aromatic heterocycles. The second-order valence-electron chi connectivity index (χ2n) is 7.98. The number of hydrogen-bond donors (Lipinski definition) is 1. The first-order valence-electron chi connectivity index (χ1n) is 10.8. The molecule has 0 bridgehead atoms. The summed E-state index contributed by atoms with van der Waals surface area (Å²) in [5.41, 5.74) is 0. The van der Waals surface area contributed by atoms with E-state index in [-0.39, 0.29) is 0 Å². The number of fused-ring (bicyclic) bond motifs is 1. The van der Waals surface area contributed by atoms with Gasteiger partial charge in [-0.1, -0.05) is 66.6 Å². The molecule has 2 aromatic rings. The summed E-state index contributed by atoms with van der Waals surface area (Å²) in [6.07, 6.45) is 13.6. The van der Waals surface area contributed by atoms with Crippen molar-refractivity contribution in [2.45, 2.75) is 64.2 Å². The van der Waals surface area contributed by atoms with Crippen molar-refractivity contribution in [1.82, 2.24) is 5.32 Å². The highest BCUT2D eigenvalue weighted by Gasteiger charge is 2.19. The Labute approximate surface area is 173 Å². The summed E-state index contributed by atoms with van der Waals surface area (Å²) < 4.78 is 7.05. The Morgan fingerprint density at radius 2 is 1.48 bits per heavy atom. The van der Waals surface area contributed by atoms with Gasteiger partial charge in [0, 0.05) is 4.47 Å². The topological polar surface area (TPSA) is 21.3 Å². The molecule has 0 heterocycles. The summed E-state index contributed by atoms with van der Waals surface area (Å²) in [4.78, 5) is 0. The van der Waals surface area contributed by atoms with Crippen LogP contribution in [-0.2, 0) is 0 Å². The van der Waals surface area contributed by atoms with E-state index in [1.807, 2.05) is 0 Å². The summed E-state index contributed by atoms with van der Waals surface area (Å²) in [5, 5.41) is 6.06. The molecule has 0 spiro atoms. The number of nitrogens with one attached hydrogen (secondary N) is 1. The van der Waals surface area contributed by atoms with Crippen LogP contribution in [0.4, 0.5) is 0 Å². The minimum atomic E-state index is 0.828. The van der Waals surface area contributed by atoms with Crippen molar-refractivity contribution in [2.75, 3.05) is 19.7 Å². The maximum absolute atomic E-state index is 5.93. The highest BCUT2D eigenvalue weighted by molar-refractivity contribution is 9.10. The van der Waals surface area contributed by atoms with E-state index in [0.717, 1.165) is 29.2 Å². The predicted molar refractivity (Wildman–Crippen MR) is 120 cm³/mol. The molecule has 2 nitrogen and oxygen atoms in total. The standard InChI is InChI=1S/C24H34BrNO/c25-23-13-11-22-18-24(14-12-21(22)17-23)27-16-8-6-4-2-1-3-5-7-15-26-19-20-9-10-20/h11-14,17-18,20,26H,1-10,15-16,19H2. The van der Waals surface area contributed by atoms with Crippen molar-refractivity contribution in [1.29, 1.82) is 0 Å². The summed E-state index contributed by atoms with van der Waals surface area (Å²) >= 11 is 3.52. The molecule has 1 N–H and O–H groups in total. The first kappa shape index (κ1) is 20.7. The zero-order valence-electron chi connectivity index (χ0n) is 16.5. The quantitative estimate of drug-likeness (QED) is 0.322. The molecule has 3 heteroatoms. The molecular weight excluding hydrogens is 398 g/mol. The molecular formula is C24H34BrNO. The maximum Gasteiger partial charge on any atom is 0.119 e. The number of rotatable bonds is 14. The fraction of sp³-hybridized carbons (Fsp3) is 0.583. The van der Waals surface area contributed by atoms with Crippen molar-refractivity contribution < 1.29 is 4.74 Å². The maximum atomic E-state index is 5.93. The molecule has 0 atom stereocenters. The van der Waals surface area contributed by atoms with Gasteiger partial charge < -0.3 is 10.1 Å². The van der Waals surface area contributed by atoms with Gasteiger partial charge in [0.05, 0.1) is 6.61 Å². The van der Waals surface area contributed by atoms with Gasteiger partial charge in [-0.25, -0.2) is 0 Å². The highest BCUT2D eigenvalue weighted by atomic mass is 79.9. The number of unbranched alkanes of at least 4 members (excludes halogenated alkanes) is 7. The molecule has 0 aliphatic heterocycles. The molecule has 27 heavy (non-hydrogen) atoms. The number of benzene rings is 2. The van der Waals surface area contributed by atoms with Gasteiger partial charge in [-0.2, -0.15) is 0 Å². The van der Waals surface area contributed by atoms with Crippen LogP contribution in [0.25, 0.3) is 10.8 Å². The Hall–Kier alpha value is -1.06. The van der Waals surface area contributed by atoms with Crippen LogP contribution in [0.1, 0.15) is 64.2 Å². The lowest BCUT2D eigenvalue weighted by atomic mass is 10.1. The Morgan fingerprint density at radius 1 is 0.815 bits per heavy atom. The van der Waals surface area contributed by atoms with Crippen molar-refractivity contribution >= 4 is 26.7 Å². The van der Waals surface area contributed by atoms with E-state index in [0.29, 0.717) is 0 Å². The van der Waals surface area contributed by atoms with Crippen LogP contribution in [0.2, 0.25) is 0 Å². The van der Waals surface area contributed by atoms with Crippen molar-refractivity contribution in [3.8, 4) is 5.75 Å². The van der Waals surface area contributed by atoms with Crippen LogP contribution >= 0.6 is 15.9 Å². The van der Waals surface area contributed by atoms with Crippen molar-refractivity contribution in [3.63, 3.8) is 0 Å². The number of halogens is 1. The number of hydrogen-bond acceptors (Lipinski definition) is 2. The summed E-state index contributed by atoms with van der Waals surface area (Å²) in [5.74, 6) is 2.00. The minimum absolute atomic E-state index is 0.828. The third-order valence-corrected chi connectivity index (χ3v) is 5.91. The Kier molecular flexibility index (Phi) is 8.96. The smallest absolute Gasteiger partial charge is 0.119 e. The Balaban J connectivity index is 1.14. The van der Waals surface area contributed by atoms with E-state index < -0.39 is 0 Å². The molecule has 1 fully saturated rings. The lowest BCUT2D eigenvalue weighted by molar-refractivity contribution is 0.304. The normalized spacial score (nSPS) is 14.0. The van der Waals surface area contributed by atoms with Gasteiger partial charge in [-0.05, 0) is 79.7 Å². The average molecular weight is 432 g/mol. The zero-order valence-corrected chi connectivity index (χ0v) is 18.1. The molecule has 3 rings (SSSR count). The fourth-order valence-electron chi connectivity index (χ4n) is 3.52. The monoisotopic (exact) mass is 431 g/mol. The van der Waals surface area contributed by atoms with E-state index in [1.165, 1.54) is 81.6 Å². The Bertz CT molecular complexity index is 683. The van der Waals surface area contributed by atoms with Crippen LogP contribution in [-0.4, -0.2) is 19.7 Å². The molecule has 1 saturated carbocycles. The first-order valence-corrected chi connectivity index (χ1v) is 11.6. The van der Waals surface area contributed by atoms with Gasteiger partial charge in [0.25, 0.3) is 0 Å². The molecule has 1 aliphatic rings. The molecule has 0 amide bonds. The van der Waals surface area contributed by atoms with Crippen LogP contribution in [0.3, 0.4) is 0 Å². The van der Waals surface area contributed by atoms with Crippen molar-refractivity contribution in [3.05, 3.63) is 40.9 Å². The second-order valence-corrected chi connectivity index (χ2v) is 8.89. The van der Waals surface area contributed by atoms with E-state index in [9.17, 15) is 0 Å². The van der Waals surface area contributed by atoms with Gasteiger partial charge in [0.1, 0.15) is 5.75 Å². The van der Waals surface area contributed by atoms with E-state index >= 15 is 0 Å². The predicted octanol–water partition coefficient (Wildman–Crippen LogP) is 7.10. The molecule has 0 saturated heterocycles. The minimum Gasteiger partial charge on any atom is -0.494 e. The largest absolute Gasteiger partial charge is 0.494 e. The molecule has 0 radical (unpaired) electrons. The second kappa shape index (κ2) is 11.7. The van der Waals surface area contributed by atoms with Gasteiger partial charge in [0.2, 0.25) is 0 Å². The third-order valence-electron chi connectivity index (χ3n) is 5.42. The summed E-state index contributed by atoms with van der Waals surface area (Å²) in [6, 6.07) is 12.7. The summed E-state index contributed by atoms with van der Waals surface area (Å²) in [7, 11) is 0. The zero-order chi connectivity index (χ0) is 18.7. The first-order chi connectivity index (χ1) is 13.3. The van der Waals surface area contributed by atoms with Crippen LogP contribution < -0.4 is 10.1 Å². The van der Waals surface area contributed by atoms with E-state index in [4.69, 9.17) is 4.74 Å². The van der Waals surface area contributed by atoms with Crippen LogP contribution in [0, 0.1) is 5.92 Å². The lowest BCUT2D eigenvalue weighted by Crippen LogP contribution is -2.17.